The first-order valence-corrected chi connectivity index (χ1v) is 8.25. The molecule has 0 saturated carbocycles. The van der Waals surface area contributed by atoms with Gasteiger partial charge in [0.05, 0.1) is 6.61 Å². The average Bonchev–Trinajstić information content (AvgIpc) is 2.62. The molecule has 0 aliphatic rings. The average molecular weight is 329 g/mol. The Bertz CT molecular complexity index is 555. The van der Waals surface area contributed by atoms with E-state index < -0.39 is 0 Å². The summed E-state index contributed by atoms with van der Waals surface area (Å²) in [5.74, 6) is 0.820. The topological polar surface area (TPSA) is 72.6 Å². The Morgan fingerprint density at radius 1 is 1.08 bits per heavy atom. The fourth-order valence-electron chi connectivity index (χ4n) is 2.04. The molecule has 2 rings (SSSR count). The molecule has 0 heterocycles. The fraction of sp³-hybridized carbons (Fsp3) is 0.350. The molecule has 0 aromatic heterocycles. The molecule has 2 aromatic carbocycles. The molecule has 4 nitrogen and oxygen atoms in total. The molecule has 0 bridgehead atoms. The Morgan fingerprint density at radius 3 is 2.29 bits per heavy atom. The van der Waals surface area contributed by atoms with Gasteiger partial charge in [-0.05, 0) is 29.7 Å². The molecule has 0 saturated heterocycles. The number of hydrogen-bond donors (Lipinski definition) is 2. The summed E-state index contributed by atoms with van der Waals surface area (Å²) in [6.07, 6.45) is 3.40. The van der Waals surface area contributed by atoms with E-state index in [1.54, 1.807) is 0 Å². The van der Waals surface area contributed by atoms with Crippen LogP contribution in [0.2, 0.25) is 0 Å². The van der Waals surface area contributed by atoms with Crippen LogP contribution in [0.15, 0.2) is 54.6 Å². The number of aldehydes is 1. The van der Waals surface area contributed by atoms with Crippen molar-refractivity contribution in [1.29, 1.82) is 0 Å². The first kappa shape index (κ1) is 19.9. The largest absolute Gasteiger partial charge is 0.489 e. The van der Waals surface area contributed by atoms with Crippen molar-refractivity contribution in [1.82, 2.24) is 0 Å². The zero-order chi connectivity index (χ0) is 17.6. The summed E-state index contributed by atoms with van der Waals surface area (Å²) in [7, 11) is 0. The van der Waals surface area contributed by atoms with Gasteiger partial charge < -0.3 is 20.4 Å². The second-order valence-corrected chi connectivity index (χ2v) is 5.53. The van der Waals surface area contributed by atoms with Crippen molar-refractivity contribution in [2.45, 2.75) is 45.4 Å². The lowest BCUT2D eigenvalue weighted by Crippen LogP contribution is -2.19. The molecule has 24 heavy (non-hydrogen) atoms. The number of nitrogens with two attached hydrogens (primary N) is 1. The van der Waals surface area contributed by atoms with Crippen molar-refractivity contribution < 1.29 is 14.6 Å². The number of carbonyl (C=O) groups is 1. The summed E-state index contributed by atoms with van der Waals surface area (Å²) >= 11 is 0. The molecule has 0 fully saturated rings. The van der Waals surface area contributed by atoms with Gasteiger partial charge in [0.1, 0.15) is 18.6 Å². The van der Waals surface area contributed by atoms with Crippen LogP contribution in [0.1, 0.15) is 37.3 Å². The Hall–Kier alpha value is -2.17. The molecular weight excluding hydrogens is 302 g/mol. The fourth-order valence-corrected chi connectivity index (χ4v) is 2.04. The zero-order valence-corrected chi connectivity index (χ0v) is 14.2. The molecule has 1 unspecified atom stereocenters. The highest BCUT2D eigenvalue weighted by Gasteiger charge is 1.97. The molecule has 130 valence electrons. The molecule has 0 aliphatic carbocycles. The summed E-state index contributed by atoms with van der Waals surface area (Å²) in [6.45, 7) is 2.70. The predicted molar refractivity (Wildman–Crippen MR) is 96.7 cm³/mol. The summed E-state index contributed by atoms with van der Waals surface area (Å²) in [5.41, 5.74) is 7.51. The number of aliphatic hydroxyl groups excluding tert-OH is 1. The highest BCUT2D eigenvalue weighted by atomic mass is 16.5. The number of rotatable bonds is 8. The van der Waals surface area contributed by atoms with Crippen molar-refractivity contribution >= 4 is 6.29 Å². The van der Waals surface area contributed by atoms with Crippen LogP contribution in [0.3, 0.4) is 0 Å². The molecule has 0 spiro atoms. The third-order valence-corrected chi connectivity index (χ3v) is 3.41. The van der Waals surface area contributed by atoms with Gasteiger partial charge >= 0.3 is 0 Å². The molecule has 0 aliphatic heterocycles. The lowest BCUT2D eigenvalue weighted by atomic mass is 10.1. The quantitative estimate of drug-likeness (QED) is 0.728. The number of aliphatic hydroxyl groups is 1. The van der Waals surface area contributed by atoms with Crippen LogP contribution in [0, 0.1) is 0 Å². The maximum atomic E-state index is 9.81. The van der Waals surface area contributed by atoms with E-state index in [1.165, 1.54) is 0 Å². The highest BCUT2D eigenvalue weighted by molar-refractivity contribution is 5.50. The summed E-state index contributed by atoms with van der Waals surface area (Å²) in [5, 5.41) is 8.90. The molecular formula is C20H27NO3. The standard InChI is InChI=1S/C14H14O2.C6H13NO/c15-10-12-6-8-14(9-7-12)16-11-13-4-2-1-3-5-13;1-2-3-6(7)4-5-8/h1-9,15H,10-11H2;5-6H,2-4,7H2,1H3. The zero-order valence-electron chi connectivity index (χ0n) is 14.2. The van der Waals surface area contributed by atoms with Gasteiger partial charge in [-0.25, -0.2) is 0 Å². The first-order chi connectivity index (χ1) is 11.7. The molecule has 4 heteroatoms. The smallest absolute Gasteiger partial charge is 0.121 e. The maximum Gasteiger partial charge on any atom is 0.121 e. The van der Waals surface area contributed by atoms with Crippen molar-refractivity contribution in [3.8, 4) is 5.75 Å². The van der Waals surface area contributed by atoms with Gasteiger partial charge in [0.25, 0.3) is 0 Å². The summed E-state index contributed by atoms with van der Waals surface area (Å²) < 4.78 is 5.61. The number of benzene rings is 2. The Morgan fingerprint density at radius 2 is 1.75 bits per heavy atom. The van der Waals surface area contributed by atoms with E-state index in [1.807, 2.05) is 54.6 Å². The van der Waals surface area contributed by atoms with Crippen LogP contribution in [0.25, 0.3) is 0 Å². The minimum Gasteiger partial charge on any atom is -0.489 e. The van der Waals surface area contributed by atoms with Gasteiger partial charge in [-0.2, -0.15) is 0 Å². The van der Waals surface area contributed by atoms with E-state index in [4.69, 9.17) is 15.6 Å². The third-order valence-electron chi connectivity index (χ3n) is 3.41. The van der Waals surface area contributed by atoms with Crippen LogP contribution in [0.4, 0.5) is 0 Å². The van der Waals surface area contributed by atoms with E-state index in [0.717, 1.165) is 36.0 Å². The summed E-state index contributed by atoms with van der Waals surface area (Å²) in [4.78, 5) is 9.81. The van der Waals surface area contributed by atoms with Gasteiger partial charge in [-0.15, -0.1) is 0 Å². The molecule has 0 amide bonds. The molecule has 2 aromatic rings. The Kier molecular flexibility index (Phi) is 10.2. The van der Waals surface area contributed by atoms with Crippen LogP contribution in [-0.2, 0) is 18.0 Å². The number of carbonyl (C=O) groups excluding carboxylic acids is 1. The van der Waals surface area contributed by atoms with Crippen LogP contribution in [0.5, 0.6) is 5.75 Å². The maximum absolute atomic E-state index is 9.81. The molecule has 3 N–H and O–H groups in total. The lowest BCUT2D eigenvalue weighted by molar-refractivity contribution is -0.108. The minimum atomic E-state index is 0.0684. The van der Waals surface area contributed by atoms with Gasteiger partial charge in [-0.1, -0.05) is 55.8 Å². The highest BCUT2D eigenvalue weighted by Crippen LogP contribution is 2.14. The Balaban J connectivity index is 0.000000307. The van der Waals surface area contributed by atoms with E-state index in [2.05, 4.69) is 6.92 Å². The second-order valence-electron chi connectivity index (χ2n) is 5.53. The predicted octanol–water partition coefficient (Wildman–Crippen LogP) is 3.46. The minimum absolute atomic E-state index is 0.0684. The normalized spacial score (nSPS) is 11.1. The van der Waals surface area contributed by atoms with E-state index >= 15 is 0 Å². The van der Waals surface area contributed by atoms with Crippen LogP contribution in [-0.4, -0.2) is 17.4 Å². The first-order valence-electron chi connectivity index (χ1n) is 8.25. The van der Waals surface area contributed by atoms with Crippen molar-refractivity contribution in [2.24, 2.45) is 5.73 Å². The third kappa shape index (κ3) is 8.46. The SMILES string of the molecule is CCCC(N)CC=O.OCc1ccc(OCc2ccccc2)cc1. The van der Waals surface area contributed by atoms with E-state index in [0.29, 0.717) is 13.0 Å². The van der Waals surface area contributed by atoms with Gasteiger partial charge in [-0.3, -0.25) is 0 Å². The van der Waals surface area contributed by atoms with Crippen molar-refractivity contribution in [2.75, 3.05) is 0 Å². The Labute approximate surface area is 144 Å². The van der Waals surface area contributed by atoms with E-state index in [9.17, 15) is 4.79 Å². The molecule has 0 radical (unpaired) electrons. The number of ether oxygens (including phenoxy) is 1. The number of hydrogen-bond acceptors (Lipinski definition) is 4. The van der Waals surface area contributed by atoms with Gasteiger partial charge in [0.2, 0.25) is 0 Å². The van der Waals surface area contributed by atoms with Gasteiger partial charge in [0.15, 0.2) is 0 Å². The van der Waals surface area contributed by atoms with Crippen LogP contribution >= 0.6 is 0 Å². The van der Waals surface area contributed by atoms with Crippen molar-refractivity contribution in [3.05, 3.63) is 65.7 Å². The molecule has 1 atom stereocenters. The lowest BCUT2D eigenvalue weighted by Gasteiger charge is -2.06. The monoisotopic (exact) mass is 329 g/mol. The van der Waals surface area contributed by atoms with Gasteiger partial charge in [0, 0.05) is 12.5 Å². The van der Waals surface area contributed by atoms with Crippen molar-refractivity contribution in [3.63, 3.8) is 0 Å². The second kappa shape index (κ2) is 12.3. The summed E-state index contributed by atoms with van der Waals surface area (Å²) in [6, 6.07) is 17.6. The van der Waals surface area contributed by atoms with E-state index in [-0.39, 0.29) is 12.6 Å². The van der Waals surface area contributed by atoms with Crippen LogP contribution < -0.4 is 10.5 Å².